The van der Waals surface area contributed by atoms with Crippen LogP contribution in [0.2, 0.25) is 0 Å². The number of piperidine rings is 1. The zero-order valence-electron chi connectivity index (χ0n) is 18.5. The Morgan fingerprint density at radius 2 is 3.00 bits per heavy atom. The molecule has 1 aliphatic heterocycles. The van der Waals surface area contributed by atoms with Gasteiger partial charge in [-0.3, -0.25) is 0 Å². The van der Waals surface area contributed by atoms with Crippen molar-refractivity contribution in [3.05, 3.63) is 0 Å². The van der Waals surface area contributed by atoms with Gasteiger partial charge in [0, 0.05) is 31.7 Å². The zero-order valence-corrected chi connectivity index (χ0v) is 4.50. The third kappa shape index (κ3) is 1.66. The number of rotatable bonds is 1. The first-order valence-electron chi connectivity index (χ1n) is 9.25. The molecule has 1 rings (SSSR count). The molecule has 2 N–H and O–H groups in total. The van der Waals surface area contributed by atoms with Gasteiger partial charge in [0.25, 0.3) is 0 Å². The van der Waals surface area contributed by atoms with Crippen molar-refractivity contribution >= 4 is 0 Å². The number of hydrogen-bond acceptors (Lipinski definition) is 2. The van der Waals surface area contributed by atoms with Crippen LogP contribution < -0.4 is 10.6 Å². The fraction of sp³-hybridized carbons (Fsp3) is 1.00. The fourth-order valence-electron chi connectivity index (χ4n) is 0.406. The molecule has 0 spiro atoms. The van der Waals surface area contributed by atoms with E-state index in [0.717, 1.165) is 0 Å². The second-order valence-electron chi connectivity index (χ2n) is 1.38. The third-order valence-electron chi connectivity index (χ3n) is 0.812. The molecule has 54 valence electrons. The molecule has 9 heavy (non-hydrogen) atoms. The SMILES string of the molecule is [2H]C([2H])([2H])NC1([2H])C([2H])([2H])NC([2H])([2H])C([2H])([2H])C1([2H])C([2H])([2H])[2H]. The quantitative estimate of drug-likeness (QED) is 0.547. The van der Waals surface area contributed by atoms with E-state index in [1.165, 1.54) is 10.6 Å². The van der Waals surface area contributed by atoms with E-state index in [1.54, 1.807) is 0 Å². The predicted molar refractivity (Wildman–Crippen MR) is 39.5 cm³/mol. The van der Waals surface area contributed by atoms with Crippen molar-refractivity contribution in [3.63, 3.8) is 0 Å². The van der Waals surface area contributed by atoms with Crippen LogP contribution in [0.3, 0.4) is 0 Å². The lowest BCUT2D eigenvalue weighted by Crippen LogP contribution is -2.46. The van der Waals surface area contributed by atoms with E-state index in [1.807, 2.05) is 0 Å². The lowest BCUT2D eigenvalue weighted by molar-refractivity contribution is 0.311. The Bertz CT molecular complexity index is 478. The molecule has 2 heteroatoms. The monoisotopic (exact) mass is 142 g/mol. The van der Waals surface area contributed by atoms with Crippen molar-refractivity contribution < 1.29 is 19.2 Å². The molecule has 0 bridgehead atoms. The molecule has 0 aliphatic carbocycles. The van der Waals surface area contributed by atoms with Crippen molar-refractivity contribution in [2.45, 2.75) is 19.2 Å². The number of hydrogen-bond donors (Lipinski definition) is 2. The first-order valence-corrected chi connectivity index (χ1v) is 2.25. The first-order chi connectivity index (χ1) is 9.66. The molecule has 0 aromatic heterocycles. The molecule has 0 aromatic rings. The highest BCUT2D eigenvalue weighted by Crippen LogP contribution is 2.09. The predicted octanol–water partition coefficient (Wildman–Crippen LogP) is 0.204. The van der Waals surface area contributed by atoms with Crippen LogP contribution in [0.25, 0.3) is 0 Å². The van der Waals surface area contributed by atoms with Gasteiger partial charge in [-0.15, -0.1) is 0 Å². The molecule has 1 aliphatic rings. The number of nitrogens with one attached hydrogen (secondary N) is 2. The van der Waals surface area contributed by atoms with Crippen LogP contribution in [0.1, 0.15) is 32.4 Å². The summed E-state index contributed by atoms with van der Waals surface area (Å²) < 4.78 is 106. The second kappa shape index (κ2) is 3.18. The maximum absolute atomic E-state index is 8.06. The molecular formula is C7H16N2. The largest absolute Gasteiger partial charge is 0.315 e. The normalized spacial score (nSPS) is 95.6. The smallest absolute Gasteiger partial charge is 0.0481 e. The topological polar surface area (TPSA) is 24.1 Å². The Morgan fingerprint density at radius 1 is 2.00 bits per heavy atom. The van der Waals surface area contributed by atoms with E-state index in [-0.39, 0.29) is 0 Å². The van der Waals surface area contributed by atoms with E-state index >= 15 is 0 Å². The van der Waals surface area contributed by atoms with Crippen LogP contribution in [0.5, 0.6) is 0 Å². The van der Waals surface area contributed by atoms with E-state index in [2.05, 4.69) is 0 Å². The van der Waals surface area contributed by atoms with Crippen molar-refractivity contribution in [1.29, 1.82) is 0 Å². The minimum absolute atomic E-state index is 1.39. The summed E-state index contributed by atoms with van der Waals surface area (Å²) in [7, 11) is 0. The van der Waals surface area contributed by atoms with E-state index in [9.17, 15) is 0 Å². The van der Waals surface area contributed by atoms with Crippen LogP contribution in [-0.4, -0.2) is 26.0 Å². The van der Waals surface area contributed by atoms with Gasteiger partial charge in [0.1, 0.15) is 0 Å². The van der Waals surface area contributed by atoms with Crippen LogP contribution in [0.15, 0.2) is 0 Å². The Balaban J connectivity index is 3.82. The summed E-state index contributed by atoms with van der Waals surface area (Å²) in [6, 6.07) is -3.56. The van der Waals surface area contributed by atoms with Crippen LogP contribution in [0, 0.1) is 5.89 Å². The lowest BCUT2D eigenvalue weighted by Gasteiger charge is -2.28. The molecular weight excluding hydrogens is 112 g/mol. The molecule has 1 saturated heterocycles. The molecule has 0 amide bonds. The molecule has 0 aromatic carbocycles. The molecule has 1 heterocycles. The maximum Gasteiger partial charge on any atom is 0.0481 e. The second-order valence-corrected chi connectivity index (χ2v) is 1.38. The van der Waals surface area contributed by atoms with Gasteiger partial charge in [0.2, 0.25) is 0 Å². The molecule has 1 fully saturated rings. The van der Waals surface area contributed by atoms with Crippen LogP contribution >= 0.6 is 0 Å². The summed E-state index contributed by atoms with van der Waals surface area (Å²) in [5.74, 6) is -3.79. The van der Waals surface area contributed by atoms with Crippen molar-refractivity contribution in [2.75, 3.05) is 20.0 Å². The lowest BCUT2D eigenvalue weighted by atomic mass is 9.95. The molecule has 0 radical (unpaired) electrons. The Hall–Kier alpha value is -0.0800. The van der Waals surface area contributed by atoms with Crippen molar-refractivity contribution in [2.24, 2.45) is 5.89 Å². The first kappa shape index (κ1) is 1.07. The highest BCUT2D eigenvalue weighted by atomic mass is 15.0. The average molecular weight is 142 g/mol. The summed E-state index contributed by atoms with van der Waals surface area (Å²) in [5, 5.41) is 2.87. The van der Waals surface area contributed by atoms with E-state index in [0.29, 0.717) is 0 Å². The van der Waals surface area contributed by atoms with Gasteiger partial charge in [-0.05, 0) is 25.7 Å². The Labute approximate surface area is 76.7 Å². The summed E-state index contributed by atoms with van der Waals surface area (Å²) in [4.78, 5) is 0. The molecule has 2 unspecified atom stereocenters. The minimum atomic E-state index is -3.79. The standard InChI is InChI=1S/C7H16N2/c1-6-3-4-9-5-7(6)8-2/h6-9H,3-5H2,1-2H3/i1D3,2D3,3D2,4D2,5D2,6D,7D. The summed E-state index contributed by atoms with van der Waals surface area (Å²) >= 11 is 0. The Kier molecular flexibility index (Phi) is 0.376. The van der Waals surface area contributed by atoms with Gasteiger partial charge in [0.15, 0.2) is 0 Å². The third-order valence-corrected chi connectivity index (χ3v) is 0.812. The van der Waals surface area contributed by atoms with Crippen LogP contribution in [-0.2, 0) is 0 Å². The summed E-state index contributed by atoms with van der Waals surface area (Å²) in [6.07, 6.45) is -3.64. The van der Waals surface area contributed by atoms with Gasteiger partial charge in [0.05, 0.1) is 0 Å². The molecule has 2 nitrogen and oxygen atoms in total. The van der Waals surface area contributed by atoms with Gasteiger partial charge in [-0.2, -0.15) is 0 Å². The highest BCUT2D eigenvalue weighted by Gasteiger charge is 2.17. The zero-order chi connectivity index (χ0) is 18.9. The minimum Gasteiger partial charge on any atom is -0.315 e. The average Bonchev–Trinajstić information content (AvgIpc) is 2.19. The van der Waals surface area contributed by atoms with E-state index in [4.69, 9.17) is 19.2 Å². The molecule has 0 saturated carbocycles. The fourth-order valence-corrected chi connectivity index (χ4v) is 0.406. The molecule has 2 atom stereocenters. The van der Waals surface area contributed by atoms with Gasteiger partial charge in [-0.25, -0.2) is 0 Å². The van der Waals surface area contributed by atoms with Crippen LogP contribution in [0.4, 0.5) is 0 Å². The van der Waals surface area contributed by atoms with Gasteiger partial charge in [-0.1, -0.05) is 6.85 Å². The van der Waals surface area contributed by atoms with E-state index < -0.39 is 45.1 Å². The summed E-state index contributed by atoms with van der Waals surface area (Å²) in [6.45, 7) is -13.8. The highest BCUT2D eigenvalue weighted by molar-refractivity contribution is 4.79. The van der Waals surface area contributed by atoms with Gasteiger partial charge < -0.3 is 10.6 Å². The maximum atomic E-state index is 8.06. The van der Waals surface area contributed by atoms with Gasteiger partial charge >= 0.3 is 0 Å². The summed E-state index contributed by atoms with van der Waals surface area (Å²) in [5.41, 5.74) is 0. The number of likely N-dealkylation sites (N-methyl/N-ethyl adjacent to an activating group) is 1. The van der Waals surface area contributed by atoms with Crippen molar-refractivity contribution in [1.82, 2.24) is 10.6 Å². The Morgan fingerprint density at radius 3 is 3.78 bits per heavy atom. The van der Waals surface area contributed by atoms with Crippen molar-refractivity contribution in [3.8, 4) is 0 Å².